The zero-order valence-corrected chi connectivity index (χ0v) is 59.0. The van der Waals surface area contributed by atoms with Gasteiger partial charge in [-0.2, -0.15) is 36.9 Å². The van der Waals surface area contributed by atoms with Gasteiger partial charge in [-0.15, -0.1) is 0 Å². The number of alkyl halides is 8. The van der Waals surface area contributed by atoms with Crippen molar-refractivity contribution in [3.63, 3.8) is 0 Å². The van der Waals surface area contributed by atoms with Crippen LogP contribution in [0, 0.1) is 158 Å². The number of nitriles is 2. The number of hydrogen-bond donors (Lipinski definition) is 0. The Bertz CT molecular complexity index is 2470. The van der Waals surface area contributed by atoms with Gasteiger partial charge in [-0.25, -0.2) is 8.78 Å². The van der Waals surface area contributed by atoms with Crippen molar-refractivity contribution in [1.29, 1.82) is 10.5 Å². The van der Waals surface area contributed by atoms with Crippen molar-refractivity contribution in [2.75, 3.05) is 27.4 Å². The first-order chi connectivity index (χ1) is 40.5. The second kappa shape index (κ2) is 24.7. The Hall–Kier alpha value is -1.92. The van der Waals surface area contributed by atoms with Crippen LogP contribution in [0.1, 0.15) is 272 Å². The molecule has 88 heavy (non-hydrogen) atoms. The summed E-state index contributed by atoms with van der Waals surface area (Å²) in [4.78, 5) is 0. The molecule has 0 amide bonds. The number of nitrogens with zero attached hydrogens (tertiary/aromatic N) is 2. The van der Waals surface area contributed by atoms with Crippen molar-refractivity contribution in [2.24, 2.45) is 135 Å². The zero-order chi connectivity index (χ0) is 66.5. The van der Waals surface area contributed by atoms with E-state index in [0.717, 1.165) is 136 Å². The van der Waals surface area contributed by atoms with E-state index in [9.17, 15) is 35.1 Å². The van der Waals surface area contributed by atoms with Crippen molar-refractivity contribution < 1.29 is 44.6 Å². The Morgan fingerprint density at radius 1 is 0.557 bits per heavy atom. The number of halogens is 8. The smallest absolute Gasteiger partial charge is 0.385 e. The van der Waals surface area contributed by atoms with Gasteiger partial charge >= 0.3 is 12.4 Å². The fourth-order valence-electron chi connectivity index (χ4n) is 18.3. The van der Waals surface area contributed by atoms with Crippen LogP contribution in [0.4, 0.5) is 35.1 Å². The van der Waals surface area contributed by atoms with E-state index in [1.165, 1.54) is 90.0 Å². The fraction of sp³-hybridized carbons (Fsp3) is 0.947. The molecule has 14 unspecified atom stereocenters. The summed E-state index contributed by atoms with van der Waals surface area (Å²) in [5, 5.41) is 15.9. The topological polar surface area (TPSA) is 66.0 Å². The maximum absolute atomic E-state index is 12.2. The Morgan fingerprint density at radius 3 is 1.01 bits per heavy atom. The molecule has 19 fully saturated rings. The number of fused-ring (bicyclic) bond motifs is 1. The second-order valence-corrected chi connectivity index (χ2v) is 35.2. The van der Waals surface area contributed by atoms with Crippen LogP contribution in [-0.4, -0.2) is 46.2 Å². The SMILES string of the molecule is C=C1C(C)C12CC2.CC#N.CC(C)C.CC(F)F.CC1(C#N)CC12CC2.CC1(C(F)(F)F)CC12CC2.CC1C2(CC2)C12CC2.CC1CC12CC2.CC1CC12CC2(C)C.CC1CC12CC2C.CC1CC12CC2C(F)(F)F.CCOC.COCC1CC12CC2C. The monoisotopic (exact) mass is 1250 g/mol. The number of hydrogen-bond acceptors (Lipinski definition) is 4. The van der Waals surface area contributed by atoms with Crippen LogP contribution in [-0.2, 0) is 9.47 Å². The highest BCUT2D eigenvalue weighted by atomic mass is 19.4. The van der Waals surface area contributed by atoms with Crippen LogP contribution in [0.3, 0.4) is 0 Å². The van der Waals surface area contributed by atoms with Gasteiger partial charge in [0, 0.05) is 34.4 Å². The lowest BCUT2D eigenvalue weighted by Crippen LogP contribution is -2.23. The molecule has 0 radical (unpaired) electrons. The number of methoxy groups -OCH3 is 2. The van der Waals surface area contributed by atoms with Gasteiger partial charge in [-0.05, 0) is 287 Å². The lowest BCUT2D eigenvalue weighted by atomic mass is 10.1. The normalized spacial score (nSPS) is 43.0. The zero-order valence-electron chi connectivity index (χ0n) is 59.0. The summed E-state index contributed by atoms with van der Waals surface area (Å²) in [6.07, 6.45) is 19.8. The van der Waals surface area contributed by atoms with E-state index in [2.05, 4.69) is 107 Å². The van der Waals surface area contributed by atoms with Crippen LogP contribution in [0.2, 0.25) is 0 Å². The molecule has 14 atom stereocenters. The Labute approximate surface area is 531 Å². The van der Waals surface area contributed by atoms with Gasteiger partial charge in [-0.1, -0.05) is 109 Å². The van der Waals surface area contributed by atoms with Crippen LogP contribution in [0.5, 0.6) is 0 Å². The maximum Gasteiger partial charge on any atom is 0.394 e. The van der Waals surface area contributed by atoms with Gasteiger partial charge in [0.1, 0.15) is 0 Å². The van der Waals surface area contributed by atoms with Gasteiger partial charge in [0.15, 0.2) is 0 Å². The molecule has 19 aliphatic rings. The molecule has 0 aromatic heterocycles. The van der Waals surface area contributed by atoms with Gasteiger partial charge < -0.3 is 9.47 Å². The third-order valence-electron chi connectivity index (χ3n) is 28.3. The Morgan fingerprint density at radius 2 is 0.932 bits per heavy atom. The lowest BCUT2D eigenvalue weighted by Gasteiger charge is -2.14. The van der Waals surface area contributed by atoms with E-state index in [0.29, 0.717) is 24.2 Å². The third-order valence-corrected chi connectivity index (χ3v) is 28.3. The summed E-state index contributed by atoms with van der Waals surface area (Å²) in [6, 6.07) is 4.12. The standard InChI is InChI=1S/C8H14O.C8H12.C8H14.2C7H9F3.C7H9N.C7H12.C7H10.C6H10.C4H10.C3H8O.C2H4F2.C2H3N/c1-6-3-8(6)4-7(8)5-9-2;1-6-7(2-3-7)8(6)4-5-8;1-6-4-8(6)5-7(8,2)3;1-4-2-6(4)3-5(6)7(8,9)10;1-5(7(8,9)10)4-6(5)2-3-6;1-6(5-8)4-7(6)2-3-7;1-5-3-7(5)4-6(7)2;1-5-6(2)7(5)3-4-7;1-5-4-6(5)2-3-6;1-4(2)3;1-3-4-2;1-2(3)4;1-2-3/h6-7H,3-5H2,1-2H3;6H,2-5H2,1H3;6H,4-5H2,1-3H3;4-5H,2-3H2,1H3;2-4H2,1H3;2-4H2,1H3;5-6H,3-4H2,1-2H3;6H,1,3-4H2,2H3;5H,2-4H2,1H3;4H,1-3H3;3H2,1-2H3;2H,1H3;1H3. The molecule has 0 bridgehead atoms. The molecule has 506 valence electrons. The van der Waals surface area contributed by atoms with Crippen LogP contribution in [0.15, 0.2) is 12.2 Å². The van der Waals surface area contributed by atoms with Gasteiger partial charge in [-0.3, -0.25) is 0 Å². The van der Waals surface area contributed by atoms with Gasteiger partial charge in [0.05, 0.1) is 28.9 Å². The first kappa shape index (κ1) is 73.5. The van der Waals surface area contributed by atoms with Crippen molar-refractivity contribution >= 4 is 0 Å². The molecule has 0 heterocycles. The van der Waals surface area contributed by atoms with Gasteiger partial charge in [0.25, 0.3) is 0 Å². The molecule has 19 rings (SSSR count). The Balaban J connectivity index is 0.000000138. The molecule has 12 heteroatoms. The molecule has 10 spiro atoms. The van der Waals surface area contributed by atoms with E-state index in [-0.39, 0.29) is 16.2 Å². The van der Waals surface area contributed by atoms with E-state index >= 15 is 0 Å². The van der Waals surface area contributed by atoms with E-state index in [4.69, 9.17) is 15.3 Å². The summed E-state index contributed by atoms with van der Waals surface area (Å²) in [6.45, 7) is 43.3. The predicted octanol–water partition coefficient (Wildman–Crippen LogP) is 23.3. The number of rotatable bonds is 3. The molecule has 19 saturated carbocycles. The summed E-state index contributed by atoms with van der Waals surface area (Å²) in [5.41, 5.74) is 7.22. The molecule has 0 aliphatic heterocycles. The quantitative estimate of drug-likeness (QED) is 0.209. The van der Waals surface area contributed by atoms with Crippen molar-refractivity contribution in [1.82, 2.24) is 0 Å². The highest BCUT2D eigenvalue weighted by Gasteiger charge is 2.85. The molecule has 0 aromatic carbocycles. The average Bonchev–Trinajstić information content (AvgIpc) is 1.45. The highest BCUT2D eigenvalue weighted by Crippen LogP contribution is 2.92. The fourth-order valence-corrected chi connectivity index (χ4v) is 18.3. The number of ether oxygens (including phenoxy) is 2. The van der Waals surface area contributed by atoms with E-state index in [1.807, 2.05) is 13.8 Å². The third kappa shape index (κ3) is 15.4. The van der Waals surface area contributed by atoms with Gasteiger partial charge in [0.2, 0.25) is 6.43 Å². The van der Waals surface area contributed by atoms with Crippen LogP contribution < -0.4 is 0 Å². The van der Waals surface area contributed by atoms with Crippen LogP contribution in [0.25, 0.3) is 0 Å². The molecule has 0 aromatic rings. The summed E-state index contributed by atoms with van der Waals surface area (Å²) < 4.78 is 103. The van der Waals surface area contributed by atoms with Crippen molar-refractivity contribution in [3.8, 4) is 12.1 Å². The average molecular weight is 1250 g/mol. The van der Waals surface area contributed by atoms with Crippen molar-refractivity contribution in [2.45, 2.75) is 291 Å². The van der Waals surface area contributed by atoms with E-state index in [1.54, 1.807) is 65.2 Å². The Kier molecular flexibility index (Phi) is 20.6. The largest absolute Gasteiger partial charge is 0.394 e. The first-order valence-electron chi connectivity index (χ1n) is 35.3. The summed E-state index contributed by atoms with van der Waals surface area (Å²) in [5.74, 6) is 8.51. The summed E-state index contributed by atoms with van der Waals surface area (Å²) in [7, 11) is 3.49. The molecule has 19 aliphatic carbocycles. The minimum absolute atomic E-state index is 0.104. The predicted molar refractivity (Wildman–Crippen MR) is 341 cm³/mol. The molecular weight excluding hydrogens is 1120 g/mol. The minimum Gasteiger partial charge on any atom is -0.385 e. The molecular formula is C76H124F8N2O2. The lowest BCUT2D eigenvalue weighted by molar-refractivity contribution is -0.187. The van der Waals surface area contributed by atoms with Crippen LogP contribution >= 0.6 is 0 Å². The van der Waals surface area contributed by atoms with E-state index < -0.39 is 30.1 Å². The maximum atomic E-state index is 12.2. The molecule has 0 N–H and O–H groups in total. The number of allylic oxidation sites excluding steroid dienone is 1. The van der Waals surface area contributed by atoms with Crippen molar-refractivity contribution in [3.05, 3.63) is 12.2 Å². The first-order valence-corrected chi connectivity index (χ1v) is 35.3. The highest BCUT2D eigenvalue weighted by molar-refractivity contribution is 5.41. The second-order valence-electron chi connectivity index (χ2n) is 35.2. The summed E-state index contributed by atoms with van der Waals surface area (Å²) >= 11 is 0. The molecule has 4 nitrogen and oxygen atoms in total. The molecule has 0 saturated heterocycles. The minimum atomic E-state index is -3.95.